The van der Waals surface area contributed by atoms with Crippen molar-refractivity contribution in [2.45, 2.75) is 25.4 Å². The largest absolute Gasteiger partial charge is 0.351 e. The molecule has 1 unspecified atom stereocenters. The zero-order valence-electron chi connectivity index (χ0n) is 11.8. The molecule has 4 heteroatoms. The number of carbonyl (C=O) groups excluding carboxylic acids is 1. The minimum Gasteiger partial charge on any atom is -0.351 e. The van der Waals surface area contributed by atoms with Crippen molar-refractivity contribution in [3.8, 4) is 0 Å². The van der Waals surface area contributed by atoms with Gasteiger partial charge in [0.15, 0.2) is 0 Å². The summed E-state index contributed by atoms with van der Waals surface area (Å²) in [5, 5.41) is 2.88. The number of nitrogens with one attached hydrogen (secondary N) is 1. The average Bonchev–Trinajstić information content (AvgIpc) is 2.52. The lowest BCUT2D eigenvalue weighted by molar-refractivity contribution is -0.122. The van der Waals surface area contributed by atoms with Crippen LogP contribution < -0.4 is 11.1 Å². The van der Waals surface area contributed by atoms with Gasteiger partial charge in [0.1, 0.15) is 0 Å². The highest BCUT2D eigenvalue weighted by Crippen LogP contribution is 2.15. The second-order valence-electron chi connectivity index (χ2n) is 4.94. The van der Waals surface area contributed by atoms with Gasteiger partial charge in [-0.3, -0.25) is 4.79 Å². The molecule has 2 rings (SSSR count). The van der Waals surface area contributed by atoms with E-state index in [-0.39, 0.29) is 5.91 Å². The van der Waals surface area contributed by atoms with Gasteiger partial charge in [0.05, 0.1) is 6.04 Å². The first-order valence-corrected chi connectivity index (χ1v) is 7.77. The number of hydrogen-bond donors (Lipinski definition) is 2. The maximum atomic E-state index is 12.0. The van der Waals surface area contributed by atoms with Crippen molar-refractivity contribution in [2.75, 3.05) is 0 Å². The summed E-state index contributed by atoms with van der Waals surface area (Å²) in [5.74, 6) is -0.110. The van der Waals surface area contributed by atoms with E-state index in [1.54, 1.807) is 0 Å². The van der Waals surface area contributed by atoms with E-state index < -0.39 is 6.04 Å². The van der Waals surface area contributed by atoms with Crippen LogP contribution in [0.2, 0.25) is 0 Å². The van der Waals surface area contributed by atoms with Crippen LogP contribution in [0, 0.1) is 0 Å². The first-order chi connectivity index (χ1) is 10.2. The zero-order valence-corrected chi connectivity index (χ0v) is 13.3. The Labute approximate surface area is 133 Å². The zero-order chi connectivity index (χ0) is 15.1. The molecule has 21 heavy (non-hydrogen) atoms. The fourth-order valence-corrected chi connectivity index (χ4v) is 2.48. The summed E-state index contributed by atoms with van der Waals surface area (Å²) >= 11 is 3.46. The van der Waals surface area contributed by atoms with E-state index in [1.807, 2.05) is 54.6 Å². The number of aryl methyl sites for hydroxylation is 1. The van der Waals surface area contributed by atoms with Crippen LogP contribution in [0.25, 0.3) is 0 Å². The number of benzene rings is 2. The molecule has 0 aliphatic rings. The lowest BCUT2D eigenvalue weighted by atomic mass is 10.1. The average molecular weight is 347 g/mol. The van der Waals surface area contributed by atoms with Gasteiger partial charge in [0.25, 0.3) is 0 Å². The Kier molecular flexibility index (Phi) is 5.96. The van der Waals surface area contributed by atoms with Gasteiger partial charge < -0.3 is 11.1 Å². The third-order valence-corrected chi connectivity index (χ3v) is 4.11. The molecule has 0 saturated carbocycles. The molecule has 0 saturated heterocycles. The van der Waals surface area contributed by atoms with Gasteiger partial charge in [-0.05, 0) is 30.0 Å². The van der Waals surface area contributed by atoms with Gasteiger partial charge in [-0.1, -0.05) is 64.5 Å². The molecule has 0 aromatic heterocycles. The van der Waals surface area contributed by atoms with Crippen molar-refractivity contribution in [2.24, 2.45) is 5.73 Å². The van der Waals surface area contributed by atoms with E-state index in [4.69, 9.17) is 5.73 Å². The van der Waals surface area contributed by atoms with Gasteiger partial charge in [0, 0.05) is 11.0 Å². The third-order valence-electron chi connectivity index (χ3n) is 3.33. The minimum absolute atomic E-state index is 0.110. The van der Waals surface area contributed by atoms with Crippen molar-refractivity contribution in [3.05, 3.63) is 70.2 Å². The maximum Gasteiger partial charge on any atom is 0.237 e. The Balaban J connectivity index is 1.79. The Morgan fingerprint density at radius 2 is 1.76 bits per heavy atom. The first kappa shape index (κ1) is 15.7. The molecule has 3 nitrogen and oxygen atoms in total. The van der Waals surface area contributed by atoms with Gasteiger partial charge in [-0.25, -0.2) is 0 Å². The van der Waals surface area contributed by atoms with Crippen LogP contribution in [-0.2, 0) is 17.8 Å². The molecule has 0 heterocycles. The van der Waals surface area contributed by atoms with Gasteiger partial charge in [0.2, 0.25) is 5.91 Å². The Morgan fingerprint density at radius 1 is 1.10 bits per heavy atom. The quantitative estimate of drug-likeness (QED) is 0.844. The molecule has 3 N–H and O–H groups in total. The van der Waals surface area contributed by atoms with Crippen LogP contribution in [-0.4, -0.2) is 11.9 Å². The standard InChI is InChI=1S/C17H19BrN2O/c18-15-9-5-4-8-14(15)12-20-17(21)16(19)11-10-13-6-2-1-3-7-13/h1-9,16H,10-12,19H2,(H,20,21). The van der Waals surface area contributed by atoms with E-state index >= 15 is 0 Å². The Hall–Kier alpha value is -1.65. The van der Waals surface area contributed by atoms with E-state index in [1.165, 1.54) is 5.56 Å². The van der Waals surface area contributed by atoms with Gasteiger partial charge in [-0.2, -0.15) is 0 Å². The van der Waals surface area contributed by atoms with Crippen molar-refractivity contribution in [3.63, 3.8) is 0 Å². The van der Waals surface area contributed by atoms with Crippen molar-refractivity contribution >= 4 is 21.8 Å². The number of hydrogen-bond acceptors (Lipinski definition) is 2. The lowest BCUT2D eigenvalue weighted by Crippen LogP contribution is -2.40. The molecule has 0 bridgehead atoms. The lowest BCUT2D eigenvalue weighted by Gasteiger charge is -2.13. The van der Waals surface area contributed by atoms with Crippen LogP contribution in [0.5, 0.6) is 0 Å². The van der Waals surface area contributed by atoms with Crippen LogP contribution in [0.1, 0.15) is 17.5 Å². The summed E-state index contributed by atoms with van der Waals surface area (Å²) in [6.07, 6.45) is 1.45. The summed E-state index contributed by atoms with van der Waals surface area (Å²) in [6.45, 7) is 0.485. The van der Waals surface area contributed by atoms with Gasteiger partial charge >= 0.3 is 0 Å². The number of carbonyl (C=O) groups is 1. The number of halogens is 1. The molecule has 0 aliphatic heterocycles. The molecule has 0 aliphatic carbocycles. The van der Waals surface area contributed by atoms with Crippen LogP contribution in [0.4, 0.5) is 0 Å². The van der Waals surface area contributed by atoms with Crippen molar-refractivity contribution < 1.29 is 4.79 Å². The molecule has 0 spiro atoms. The summed E-state index contributed by atoms with van der Waals surface area (Å²) in [6, 6.07) is 17.4. The van der Waals surface area contributed by atoms with Crippen LogP contribution in [0.15, 0.2) is 59.1 Å². The predicted molar refractivity (Wildman–Crippen MR) is 88.7 cm³/mol. The summed E-state index contributed by atoms with van der Waals surface area (Å²) in [5.41, 5.74) is 8.19. The second-order valence-corrected chi connectivity index (χ2v) is 5.79. The molecule has 2 aromatic carbocycles. The van der Waals surface area contributed by atoms with Crippen molar-refractivity contribution in [1.29, 1.82) is 0 Å². The second kappa shape index (κ2) is 7.96. The summed E-state index contributed by atoms with van der Waals surface area (Å²) in [7, 11) is 0. The number of rotatable bonds is 6. The summed E-state index contributed by atoms with van der Waals surface area (Å²) < 4.78 is 0.989. The van der Waals surface area contributed by atoms with Gasteiger partial charge in [-0.15, -0.1) is 0 Å². The highest BCUT2D eigenvalue weighted by Gasteiger charge is 2.13. The monoisotopic (exact) mass is 346 g/mol. The fourth-order valence-electron chi connectivity index (χ4n) is 2.05. The summed E-state index contributed by atoms with van der Waals surface area (Å²) in [4.78, 5) is 12.0. The van der Waals surface area contributed by atoms with E-state index in [0.717, 1.165) is 16.5 Å². The smallest absolute Gasteiger partial charge is 0.237 e. The minimum atomic E-state index is -0.479. The number of amides is 1. The predicted octanol–water partition coefficient (Wildman–Crippen LogP) is 3.03. The molecular weight excluding hydrogens is 328 g/mol. The first-order valence-electron chi connectivity index (χ1n) is 6.97. The van der Waals surface area contributed by atoms with E-state index in [0.29, 0.717) is 13.0 Å². The molecule has 2 aromatic rings. The van der Waals surface area contributed by atoms with E-state index in [9.17, 15) is 4.79 Å². The topological polar surface area (TPSA) is 55.1 Å². The normalized spacial score (nSPS) is 11.9. The SMILES string of the molecule is NC(CCc1ccccc1)C(=O)NCc1ccccc1Br. The Bertz CT molecular complexity index is 586. The number of nitrogens with two attached hydrogens (primary N) is 1. The highest BCUT2D eigenvalue weighted by molar-refractivity contribution is 9.10. The highest BCUT2D eigenvalue weighted by atomic mass is 79.9. The van der Waals surface area contributed by atoms with Crippen molar-refractivity contribution in [1.82, 2.24) is 5.32 Å². The molecule has 0 fully saturated rings. The Morgan fingerprint density at radius 3 is 2.48 bits per heavy atom. The molecule has 0 radical (unpaired) electrons. The molecule has 1 atom stereocenters. The van der Waals surface area contributed by atoms with Crippen LogP contribution >= 0.6 is 15.9 Å². The van der Waals surface area contributed by atoms with E-state index in [2.05, 4.69) is 21.2 Å². The molecule has 110 valence electrons. The fraction of sp³-hybridized carbons (Fsp3) is 0.235. The van der Waals surface area contributed by atoms with Crippen LogP contribution in [0.3, 0.4) is 0 Å². The molecular formula is C17H19BrN2O. The maximum absolute atomic E-state index is 12.0. The third kappa shape index (κ3) is 4.99. The molecule has 1 amide bonds.